The fraction of sp³-hybridized carbons (Fsp3) is 0.667. The third-order valence-corrected chi connectivity index (χ3v) is 0. The van der Waals surface area contributed by atoms with Crippen LogP contribution in [0, 0.1) is 0 Å². The van der Waals surface area contributed by atoms with Gasteiger partial charge in [0.05, 0.1) is 0 Å². The molecule has 6 heavy (non-hydrogen) atoms. The van der Waals surface area contributed by atoms with Crippen molar-refractivity contribution in [3.63, 3.8) is 0 Å². The van der Waals surface area contributed by atoms with Crippen LogP contribution in [0.3, 0.4) is 0 Å². The Labute approximate surface area is 54.7 Å². The second-order valence-corrected chi connectivity index (χ2v) is 0.908. The van der Waals surface area contributed by atoms with Crippen LogP contribution in [-0.2, 0) is 4.79 Å². The van der Waals surface area contributed by atoms with E-state index in [1.54, 1.807) is 0 Å². The predicted octanol–water partition coefficient (Wildman–Crippen LogP) is -0.167. The minimum absolute atomic E-state index is 0. The minimum atomic E-state index is 0. The maximum Gasteiger partial charge on any atom is 0.187 e. The molecule has 0 fully saturated rings. The number of rotatable bonds is 0. The summed E-state index contributed by atoms with van der Waals surface area (Å²) in [5.41, 5.74) is 0. The Morgan fingerprint density at radius 1 is 1.33 bits per heavy atom. The number of hydrogen-bond donors (Lipinski definition) is 0. The fourth-order valence-electron chi connectivity index (χ4n) is 0. The summed E-state index contributed by atoms with van der Waals surface area (Å²) in [6.45, 7) is 3.06. The Kier molecular flexibility index (Phi) is 24.3. The van der Waals surface area contributed by atoms with E-state index in [1.165, 1.54) is 13.8 Å². The van der Waals surface area contributed by atoms with E-state index >= 15 is 0 Å². The van der Waals surface area contributed by atoms with Gasteiger partial charge in [0.15, 0.2) is 17.4 Å². The molecule has 0 atom stereocenters. The Bertz CT molecular complexity index is 33.8. The molecule has 0 N–H and O–H groups in total. The van der Waals surface area contributed by atoms with Crippen LogP contribution in [-0.4, -0.2) is 23.1 Å². The predicted molar refractivity (Wildman–Crippen MR) is 33.5 cm³/mol. The van der Waals surface area contributed by atoms with E-state index in [1.807, 2.05) is 0 Å². The average Bonchev–Trinajstić information content (AvgIpc) is 0.811. The van der Waals surface area contributed by atoms with Gasteiger partial charge in [0, 0.05) is 0 Å². The van der Waals surface area contributed by atoms with Gasteiger partial charge in [0.1, 0.15) is 5.78 Å². The highest BCUT2D eigenvalue weighted by Crippen LogP contribution is 1.50. The van der Waals surface area contributed by atoms with E-state index in [0.29, 0.717) is 0 Å². The van der Waals surface area contributed by atoms with E-state index in [2.05, 4.69) is 0 Å². The second-order valence-electron chi connectivity index (χ2n) is 0.908. The zero-order valence-electron chi connectivity index (χ0n) is 3.32. The highest BCUT2D eigenvalue weighted by molar-refractivity contribution is 5.85. The molecule has 38 valence electrons. The van der Waals surface area contributed by atoms with E-state index in [9.17, 15) is 4.79 Å². The van der Waals surface area contributed by atoms with Crippen LogP contribution < -0.4 is 0 Å². The standard InChI is InChI=1S/C3H6O.Al.ClH.3H/c1-3(2)4;;;;;/h1-2H3;;1H;;;. The molecule has 0 aliphatic heterocycles. The number of hydrogen-bond acceptors (Lipinski definition) is 1. The monoisotopic (exact) mass is 124 g/mol. The summed E-state index contributed by atoms with van der Waals surface area (Å²) in [7, 11) is 0. The van der Waals surface area contributed by atoms with Gasteiger partial charge in [-0.05, 0) is 13.8 Å². The zero-order chi connectivity index (χ0) is 3.58. The lowest BCUT2D eigenvalue weighted by Crippen LogP contribution is -1.69. The molecule has 0 bridgehead atoms. The molecule has 0 radical (unpaired) electrons. The summed E-state index contributed by atoms with van der Waals surface area (Å²) in [5, 5.41) is 0. The molecule has 0 saturated carbocycles. The van der Waals surface area contributed by atoms with Gasteiger partial charge in [-0.25, -0.2) is 0 Å². The molecule has 0 rings (SSSR count). The van der Waals surface area contributed by atoms with E-state index in [0.717, 1.165) is 0 Å². The molecule has 0 heterocycles. The van der Waals surface area contributed by atoms with Crippen molar-refractivity contribution in [3.05, 3.63) is 0 Å². The SMILES string of the molecule is CC(C)=O.Cl.[AlH3]. The summed E-state index contributed by atoms with van der Waals surface area (Å²) in [4.78, 5) is 9.44. The third kappa shape index (κ3) is 226. The van der Waals surface area contributed by atoms with Gasteiger partial charge in [-0.3, -0.25) is 0 Å². The van der Waals surface area contributed by atoms with Crippen LogP contribution in [0.15, 0.2) is 0 Å². The van der Waals surface area contributed by atoms with Crippen molar-refractivity contribution in [2.75, 3.05) is 0 Å². The van der Waals surface area contributed by atoms with Crippen molar-refractivity contribution in [1.29, 1.82) is 0 Å². The molecule has 0 aromatic rings. The lowest BCUT2D eigenvalue weighted by atomic mass is 10.6. The number of Topliss-reactive ketones (excluding diaryl/α,β-unsaturated/α-hetero) is 1. The molecule has 0 aliphatic carbocycles. The number of carbonyl (C=O) groups excluding carboxylic acids is 1. The third-order valence-electron chi connectivity index (χ3n) is 0. The summed E-state index contributed by atoms with van der Waals surface area (Å²) in [6, 6.07) is 0. The molecular weight excluding hydrogens is 114 g/mol. The van der Waals surface area contributed by atoms with Gasteiger partial charge in [-0.1, -0.05) is 0 Å². The summed E-state index contributed by atoms with van der Waals surface area (Å²) < 4.78 is 0. The van der Waals surface area contributed by atoms with E-state index in [4.69, 9.17) is 0 Å². The van der Waals surface area contributed by atoms with Gasteiger partial charge in [-0.15, -0.1) is 12.4 Å². The lowest BCUT2D eigenvalue weighted by molar-refractivity contribution is -0.114. The van der Waals surface area contributed by atoms with Crippen molar-refractivity contribution < 1.29 is 4.79 Å². The van der Waals surface area contributed by atoms with Gasteiger partial charge in [0.25, 0.3) is 0 Å². The first-order valence-electron chi connectivity index (χ1n) is 1.20. The smallest absolute Gasteiger partial charge is 0.187 e. The highest BCUT2D eigenvalue weighted by Gasteiger charge is 1.62. The normalized spacial score (nSPS) is 4.33. The fourth-order valence-corrected chi connectivity index (χ4v) is 0. The Morgan fingerprint density at radius 2 is 1.33 bits per heavy atom. The number of ketones is 1. The van der Waals surface area contributed by atoms with Crippen LogP contribution in [0.4, 0.5) is 0 Å². The molecule has 0 aliphatic rings. The molecule has 0 unspecified atom stereocenters. The average molecular weight is 125 g/mol. The van der Waals surface area contributed by atoms with Crippen molar-refractivity contribution in [1.82, 2.24) is 0 Å². The number of carbonyl (C=O) groups is 1. The van der Waals surface area contributed by atoms with Crippen LogP contribution in [0.1, 0.15) is 13.8 Å². The van der Waals surface area contributed by atoms with Crippen LogP contribution >= 0.6 is 12.4 Å². The first-order valence-corrected chi connectivity index (χ1v) is 1.20. The minimum Gasteiger partial charge on any atom is -0.300 e. The van der Waals surface area contributed by atoms with Crippen LogP contribution in [0.5, 0.6) is 0 Å². The maximum absolute atomic E-state index is 9.44. The summed E-state index contributed by atoms with van der Waals surface area (Å²) in [5.74, 6) is 0.167. The molecule has 1 nitrogen and oxygen atoms in total. The number of halogens is 1. The maximum atomic E-state index is 9.44. The summed E-state index contributed by atoms with van der Waals surface area (Å²) in [6.07, 6.45) is 0. The first kappa shape index (κ1) is 16.1. The lowest BCUT2D eigenvalue weighted by Gasteiger charge is -1.56. The summed E-state index contributed by atoms with van der Waals surface area (Å²) >= 11 is 0. The molecule has 3 heteroatoms. The Morgan fingerprint density at radius 3 is 1.33 bits per heavy atom. The zero-order valence-corrected chi connectivity index (χ0v) is 4.13. The van der Waals surface area contributed by atoms with Crippen molar-refractivity contribution >= 4 is 35.6 Å². The molecule has 0 saturated heterocycles. The van der Waals surface area contributed by atoms with E-state index in [-0.39, 0.29) is 35.6 Å². The van der Waals surface area contributed by atoms with Crippen molar-refractivity contribution in [2.45, 2.75) is 13.8 Å². The molecule has 0 aromatic carbocycles. The van der Waals surface area contributed by atoms with Gasteiger partial charge in [0.2, 0.25) is 0 Å². The van der Waals surface area contributed by atoms with Gasteiger partial charge >= 0.3 is 0 Å². The molecule has 0 spiro atoms. The Balaban J connectivity index is -0.0000000450. The molecule has 0 amide bonds. The highest BCUT2D eigenvalue weighted by atomic mass is 35.5. The largest absolute Gasteiger partial charge is 0.300 e. The molecular formula is C3H10AlClO. The first-order chi connectivity index (χ1) is 1.73. The Hall–Kier alpha value is 0.492. The second kappa shape index (κ2) is 9.09. The van der Waals surface area contributed by atoms with E-state index < -0.39 is 0 Å². The van der Waals surface area contributed by atoms with Crippen LogP contribution in [0.2, 0.25) is 0 Å². The van der Waals surface area contributed by atoms with Crippen molar-refractivity contribution in [2.24, 2.45) is 0 Å². The van der Waals surface area contributed by atoms with Crippen LogP contribution in [0.25, 0.3) is 0 Å². The molecule has 0 aromatic heterocycles. The topological polar surface area (TPSA) is 17.1 Å². The quantitative estimate of drug-likeness (QED) is 0.410. The van der Waals surface area contributed by atoms with Gasteiger partial charge in [-0.2, -0.15) is 0 Å². The van der Waals surface area contributed by atoms with Crippen molar-refractivity contribution in [3.8, 4) is 0 Å². The van der Waals surface area contributed by atoms with Gasteiger partial charge < -0.3 is 4.79 Å².